The molecule has 0 atom stereocenters. The van der Waals surface area contributed by atoms with Crippen LogP contribution in [0.25, 0.3) is 11.3 Å². The van der Waals surface area contributed by atoms with E-state index in [-0.39, 0.29) is 29.2 Å². The normalized spacial score (nSPS) is 10.1. The van der Waals surface area contributed by atoms with Crippen molar-refractivity contribution in [3.63, 3.8) is 0 Å². The summed E-state index contributed by atoms with van der Waals surface area (Å²) in [7, 11) is 0. The van der Waals surface area contributed by atoms with Crippen molar-refractivity contribution in [2.24, 2.45) is 0 Å². The zero-order chi connectivity index (χ0) is 24.5. The van der Waals surface area contributed by atoms with Gasteiger partial charge in [0.2, 0.25) is 5.91 Å². The molecule has 34 heavy (non-hydrogen) atoms. The molecule has 0 aliphatic heterocycles. The number of hydrogen-bond acceptors (Lipinski definition) is 9. The molecule has 2 N–H and O–H groups in total. The molecule has 3 aromatic rings. The van der Waals surface area contributed by atoms with Crippen molar-refractivity contribution in [1.29, 1.82) is 5.26 Å². The van der Waals surface area contributed by atoms with Crippen molar-refractivity contribution in [2.45, 2.75) is 13.3 Å². The number of hydrogen-bond donors (Lipinski definition) is 2. The van der Waals surface area contributed by atoms with Gasteiger partial charge in [0.25, 0.3) is 5.91 Å². The van der Waals surface area contributed by atoms with E-state index in [1.165, 1.54) is 30.5 Å². The lowest BCUT2D eigenvalue weighted by atomic mass is 10.1. The number of rotatable bonds is 9. The number of carbonyl (C=O) groups excluding carboxylic acids is 4. The molecule has 0 bridgehead atoms. The predicted octanol–water partition coefficient (Wildman–Crippen LogP) is 3.83. The van der Waals surface area contributed by atoms with Gasteiger partial charge in [0.15, 0.2) is 6.61 Å². The third-order valence-corrected chi connectivity index (χ3v) is 5.18. The highest BCUT2D eigenvalue weighted by Gasteiger charge is 2.24. The molecule has 0 aliphatic carbocycles. The number of benzene rings is 1. The average molecular weight is 481 g/mol. The zero-order valence-electron chi connectivity index (χ0n) is 18.0. The van der Waals surface area contributed by atoms with E-state index in [4.69, 9.17) is 19.2 Å². The Balaban J connectivity index is 1.62. The highest BCUT2D eigenvalue weighted by molar-refractivity contribution is 7.15. The second kappa shape index (κ2) is 11.4. The van der Waals surface area contributed by atoms with Gasteiger partial charge in [0, 0.05) is 16.6 Å². The van der Waals surface area contributed by atoms with Crippen LogP contribution in [0.2, 0.25) is 0 Å². The molecule has 2 amide bonds. The quantitative estimate of drug-likeness (QED) is 0.438. The van der Waals surface area contributed by atoms with Gasteiger partial charge in [-0.25, -0.2) is 9.59 Å². The molecule has 0 spiro atoms. The van der Waals surface area contributed by atoms with E-state index in [9.17, 15) is 19.2 Å². The largest absolute Gasteiger partial charge is 0.464 e. The molecule has 1 aromatic carbocycles. The summed E-state index contributed by atoms with van der Waals surface area (Å²) in [4.78, 5) is 48.5. The highest BCUT2D eigenvalue weighted by atomic mass is 32.1. The summed E-state index contributed by atoms with van der Waals surface area (Å²) in [5.41, 5.74) is 1.19. The maximum absolute atomic E-state index is 12.5. The molecule has 0 aliphatic rings. The highest BCUT2D eigenvalue weighted by Crippen LogP contribution is 2.36. The number of ether oxygens (including phenoxy) is 2. The van der Waals surface area contributed by atoms with Crippen LogP contribution in [-0.4, -0.2) is 37.0 Å². The summed E-state index contributed by atoms with van der Waals surface area (Å²) >= 11 is 1.11. The molecular weight excluding hydrogens is 462 g/mol. The van der Waals surface area contributed by atoms with Crippen molar-refractivity contribution in [2.75, 3.05) is 23.8 Å². The molecule has 0 unspecified atom stereocenters. The van der Waals surface area contributed by atoms with E-state index in [0.717, 1.165) is 11.3 Å². The number of nitriles is 1. The Bertz CT molecular complexity index is 1220. The van der Waals surface area contributed by atoms with Crippen molar-refractivity contribution < 1.29 is 33.1 Å². The number of esters is 2. The van der Waals surface area contributed by atoms with Crippen molar-refractivity contribution in [3.05, 3.63) is 59.2 Å². The Morgan fingerprint density at radius 1 is 1.03 bits per heavy atom. The van der Waals surface area contributed by atoms with E-state index in [1.807, 2.05) is 0 Å². The topological polar surface area (TPSA) is 148 Å². The fourth-order valence-corrected chi connectivity index (χ4v) is 3.77. The molecule has 174 valence electrons. The standard InChI is InChI=1S/C23H19N3O7S/c1-2-31-23(30)20-16(17-4-3-11-32-17)13-34-21(20)26-19(28)12-33-22(29)14-5-7-15(8-6-14)25-18(27)9-10-24/h3-8,11,13H,2,9,12H2,1H3,(H,25,27)(H,26,28). The number of amides is 2. The number of thiophene rings is 1. The monoisotopic (exact) mass is 481 g/mol. The Hall–Kier alpha value is -4.43. The number of carbonyl (C=O) groups is 4. The van der Waals surface area contributed by atoms with Gasteiger partial charge in [0.1, 0.15) is 22.7 Å². The number of anilines is 2. The van der Waals surface area contributed by atoms with Crippen LogP contribution in [-0.2, 0) is 19.1 Å². The molecule has 2 aromatic heterocycles. The van der Waals surface area contributed by atoms with E-state index < -0.39 is 30.4 Å². The van der Waals surface area contributed by atoms with Crippen LogP contribution in [0.5, 0.6) is 0 Å². The minimum Gasteiger partial charge on any atom is -0.464 e. The van der Waals surface area contributed by atoms with Crippen LogP contribution in [0.3, 0.4) is 0 Å². The summed E-state index contributed by atoms with van der Waals surface area (Å²) < 4.78 is 15.5. The first-order valence-electron chi connectivity index (χ1n) is 9.99. The SMILES string of the molecule is CCOC(=O)c1c(-c2ccco2)csc1NC(=O)COC(=O)c1ccc(NC(=O)CC#N)cc1. The minimum atomic E-state index is -0.752. The van der Waals surface area contributed by atoms with Crippen LogP contribution >= 0.6 is 11.3 Å². The van der Waals surface area contributed by atoms with Gasteiger partial charge in [0.05, 0.1) is 24.5 Å². The van der Waals surface area contributed by atoms with Crippen LogP contribution in [0.15, 0.2) is 52.5 Å². The van der Waals surface area contributed by atoms with Gasteiger partial charge in [-0.15, -0.1) is 11.3 Å². The van der Waals surface area contributed by atoms with Crippen LogP contribution in [0.4, 0.5) is 10.7 Å². The smallest absolute Gasteiger partial charge is 0.341 e. The molecular formula is C23H19N3O7S. The van der Waals surface area contributed by atoms with Gasteiger partial charge in [-0.05, 0) is 43.3 Å². The first-order valence-corrected chi connectivity index (χ1v) is 10.9. The van der Waals surface area contributed by atoms with Crippen LogP contribution in [0, 0.1) is 11.3 Å². The second-order valence-corrected chi connectivity index (χ2v) is 7.52. The van der Waals surface area contributed by atoms with E-state index >= 15 is 0 Å². The number of furan rings is 1. The Morgan fingerprint density at radius 2 is 1.79 bits per heavy atom. The Morgan fingerprint density at radius 3 is 2.44 bits per heavy atom. The summed E-state index contributed by atoms with van der Waals surface area (Å²) in [5.74, 6) is -2.05. The molecule has 10 nitrogen and oxygen atoms in total. The lowest BCUT2D eigenvalue weighted by Crippen LogP contribution is -2.21. The zero-order valence-corrected chi connectivity index (χ0v) is 18.8. The number of nitrogens with one attached hydrogen (secondary N) is 2. The van der Waals surface area contributed by atoms with Gasteiger partial charge in [-0.2, -0.15) is 5.26 Å². The summed E-state index contributed by atoms with van der Waals surface area (Å²) in [6.45, 7) is 1.23. The van der Waals surface area contributed by atoms with Crippen molar-refractivity contribution in [3.8, 4) is 17.4 Å². The van der Waals surface area contributed by atoms with Gasteiger partial charge in [-0.1, -0.05) is 0 Å². The van der Waals surface area contributed by atoms with Gasteiger partial charge >= 0.3 is 11.9 Å². The number of nitrogens with zero attached hydrogens (tertiary/aromatic N) is 1. The minimum absolute atomic E-state index is 0.149. The van der Waals surface area contributed by atoms with Crippen molar-refractivity contribution in [1.82, 2.24) is 0 Å². The van der Waals surface area contributed by atoms with E-state index in [1.54, 1.807) is 30.5 Å². The van der Waals surface area contributed by atoms with Gasteiger partial charge < -0.3 is 24.5 Å². The summed E-state index contributed by atoms with van der Waals surface area (Å²) in [6, 6.07) is 10.9. The average Bonchev–Trinajstić information content (AvgIpc) is 3.48. The molecule has 2 heterocycles. The molecule has 3 rings (SSSR count). The Labute approximate surface area is 198 Å². The molecule has 0 fully saturated rings. The maximum Gasteiger partial charge on any atom is 0.341 e. The second-order valence-electron chi connectivity index (χ2n) is 6.64. The fourth-order valence-electron chi connectivity index (χ4n) is 2.81. The third-order valence-electron chi connectivity index (χ3n) is 4.29. The first kappa shape index (κ1) is 24.2. The van der Waals surface area contributed by atoms with E-state index in [2.05, 4.69) is 10.6 Å². The van der Waals surface area contributed by atoms with Crippen molar-refractivity contribution >= 4 is 45.8 Å². The van der Waals surface area contributed by atoms with Gasteiger partial charge in [-0.3, -0.25) is 9.59 Å². The predicted molar refractivity (Wildman–Crippen MR) is 122 cm³/mol. The maximum atomic E-state index is 12.5. The third kappa shape index (κ3) is 6.08. The molecule has 11 heteroatoms. The van der Waals surface area contributed by atoms with Crippen LogP contribution < -0.4 is 10.6 Å². The summed E-state index contributed by atoms with van der Waals surface area (Å²) in [5, 5.41) is 15.5. The lowest BCUT2D eigenvalue weighted by Gasteiger charge is -2.09. The molecule has 0 saturated heterocycles. The lowest BCUT2D eigenvalue weighted by molar-refractivity contribution is -0.119. The molecule has 0 radical (unpaired) electrons. The first-order chi connectivity index (χ1) is 16.4. The molecule has 0 saturated carbocycles. The summed E-state index contributed by atoms with van der Waals surface area (Å²) in [6.07, 6.45) is 1.18. The Kier molecular flexibility index (Phi) is 8.15. The van der Waals surface area contributed by atoms with Crippen LogP contribution in [0.1, 0.15) is 34.1 Å². The van der Waals surface area contributed by atoms with E-state index in [0.29, 0.717) is 17.0 Å². The fraction of sp³-hybridized carbons (Fsp3) is 0.174.